The van der Waals surface area contributed by atoms with Gasteiger partial charge in [-0.05, 0) is 63.8 Å². The zero-order valence-corrected chi connectivity index (χ0v) is 17.3. The normalized spacial score (nSPS) is 13.7. The van der Waals surface area contributed by atoms with E-state index in [1.807, 2.05) is 42.9 Å². The van der Waals surface area contributed by atoms with Gasteiger partial charge in [-0.3, -0.25) is 9.47 Å². The minimum atomic E-state index is -0.271. The monoisotopic (exact) mass is 404 g/mol. The molecule has 0 N–H and O–H groups in total. The Bertz CT molecular complexity index is 911. The van der Waals surface area contributed by atoms with Crippen LogP contribution in [0.3, 0.4) is 0 Å². The lowest BCUT2D eigenvalue weighted by Crippen LogP contribution is -2.20. The van der Waals surface area contributed by atoms with E-state index >= 15 is 0 Å². The first-order valence-electron chi connectivity index (χ1n) is 8.67. The second-order valence-electron chi connectivity index (χ2n) is 6.57. The second kappa shape index (κ2) is 8.42. The molecular formula is C20H22ClFN4S. The molecule has 0 amide bonds. The molecule has 0 aliphatic carbocycles. The van der Waals surface area contributed by atoms with Crippen molar-refractivity contribution in [1.29, 1.82) is 0 Å². The molecule has 1 aromatic heterocycles. The molecule has 0 radical (unpaired) electrons. The lowest BCUT2D eigenvalue weighted by atomic mass is 10.2. The maximum atomic E-state index is 13.4. The molecule has 2 atom stereocenters. The Kier molecular flexibility index (Phi) is 6.19. The van der Waals surface area contributed by atoms with E-state index in [0.29, 0.717) is 0 Å². The van der Waals surface area contributed by atoms with Crippen LogP contribution in [0, 0.1) is 5.82 Å². The lowest BCUT2D eigenvalue weighted by molar-refractivity contribution is 0.305. The Morgan fingerprint density at radius 2 is 1.70 bits per heavy atom. The summed E-state index contributed by atoms with van der Waals surface area (Å²) in [6, 6.07) is 14.2. The largest absolute Gasteiger partial charge is 0.300 e. The Labute approximate surface area is 168 Å². The summed E-state index contributed by atoms with van der Waals surface area (Å²) in [5, 5.41) is 10.4. The maximum absolute atomic E-state index is 13.4. The van der Waals surface area contributed by atoms with Crippen LogP contribution >= 0.6 is 23.4 Å². The number of aromatic nitrogens is 3. The van der Waals surface area contributed by atoms with Crippen LogP contribution in [0.2, 0.25) is 5.02 Å². The Morgan fingerprint density at radius 1 is 1.04 bits per heavy atom. The zero-order valence-electron chi connectivity index (χ0n) is 15.7. The minimum Gasteiger partial charge on any atom is -0.300 e. The summed E-state index contributed by atoms with van der Waals surface area (Å²) < 4.78 is 15.4. The highest BCUT2D eigenvalue weighted by atomic mass is 35.5. The van der Waals surface area contributed by atoms with Crippen LogP contribution in [0.1, 0.15) is 36.5 Å². The van der Waals surface area contributed by atoms with E-state index in [2.05, 4.69) is 28.9 Å². The van der Waals surface area contributed by atoms with Crippen LogP contribution in [-0.2, 0) is 0 Å². The van der Waals surface area contributed by atoms with Gasteiger partial charge in [-0.1, -0.05) is 41.6 Å². The predicted octanol–water partition coefficient (Wildman–Crippen LogP) is 5.54. The van der Waals surface area contributed by atoms with E-state index in [1.54, 1.807) is 23.9 Å². The van der Waals surface area contributed by atoms with E-state index in [-0.39, 0.29) is 17.1 Å². The van der Waals surface area contributed by atoms with Gasteiger partial charge < -0.3 is 0 Å². The number of thioether (sulfide) groups is 1. The topological polar surface area (TPSA) is 34.0 Å². The first-order chi connectivity index (χ1) is 12.9. The molecule has 0 aliphatic rings. The number of nitrogens with zero attached hydrogens (tertiary/aromatic N) is 4. The lowest BCUT2D eigenvalue weighted by Gasteiger charge is -2.21. The van der Waals surface area contributed by atoms with Crippen molar-refractivity contribution in [2.75, 3.05) is 14.1 Å². The summed E-state index contributed by atoms with van der Waals surface area (Å²) in [4.78, 5) is 2.07. The second-order valence-corrected chi connectivity index (χ2v) is 8.29. The molecule has 0 spiro atoms. The molecule has 3 rings (SSSR count). The van der Waals surface area contributed by atoms with Gasteiger partial charge in [-0.25, -0.2) is 4.39 Å². The highest BCUT2D eigenvalue weighted by molar-refractivity contribution is 7.99. The molecule has 0 fully saturated rings. The molecule has 7 heteroatoms. The molecule has 0 saturated carbocycles. The van der Waals surface area contributed by atoms with Crippen LogP contribution in [0.5, 0.6) is 0 Å². The van der Waals surface area contributed by atoms with Crippen LogP contribution in [0.25, 0.3) is 5.69 Å². The third-order valence-corrected chi connectivity index (χ3v) is 5.94. The molecule has 142 valence electrons. The molecule has 0 saturated heterocycles. The number of hydrogen-bond acceptors (Lipinski definition) is 4. The van der Waals surface area contributed by atoms with Gasteiger partial charge in [-0.2, -0.15) is 0 Å². The van der Waals surface area contributed by atoms with E-state index in [0.717, 1.165) is 27.3 Å². The van der Waals surface area contributed by atoms with Crippen LogP contribution in [0.15, 0.2) is 53.7 Å². The van der Waals surface area contributed by atoms with Gasteiger partial charge in [0.05, 0.1) is 6.04 Å². The molecule has 2 aromatic carbocycles. The van der Waals surface area contributed by atoms with Gasteiger partial charge in [0.25, 0.3) is 0 Å². The molecule has 0 aliphatic heterocycles. The molecule has 27 heavy (non-hydrogen) atoms. The number of hydrogen-bond donors (Lipinski definition) is 0. The van der Waals surface area contributed by atoms with E-state index in [9.17, 15) is 4.39 Å². The van der Waals surface area contributed by atoms with Crippen LogP contribution < -0.4 is 0 Å². The van der Waals surface area contributed by atoms with Gasteiger partial charge in [0.2, 0.25) is 0 Å². The van der Waals surface area contributed by atoms with Crippen molar-refractivity contribution >= 4 is 23.4 Å². The molecule has 4 nitrogen and oxygen atoms in total. The summed E-state index contributed by atoms with van der Waals surface area (Å²) in [7, 11) is 3.99. The van der Waals surface area contributed by atoms with Gasteiger partial charge >= 0.3 is 0 Å². The van der Waals surface area contributed by atoms with Gasteiger partial charge in [0.1, 0.15) is 5.82 Å². The summed E-state index contributed by atoms with van der Waals surface area (Å²) in [5.74, 6) is 0.535. The van der Waals surface area contributed by atoms with Gasteiger partial charge in [0.15, 0.2) is 11.0 Å². The molecular weight excluding hydrogens is 383 g/mol. The van der Waals surface area contributed by atoms with Gasteiger partial charge in [-0.15, -0.1) is 10.2 Å². The predicted molar refractivity (Wildman–Crippen MR) is 109 cm³/mol. The minimum absolute atomic E-state index is 0.0486. The van der Waals surface area contributed by atoms with Crippen molar-refractivity contribution in [3.63, 3.8) is 0 Å². The fourth-order valence-corrected chi connectivity index (χ4v) is 4.12. The highest BCUT2D eigenvalue weighted by Crippen LogP contribution is 2.38. The van der Waals surface area contributed by atoms with E-state index < -0.39 is 0 Å². The van der Waals surface area contributed by atoms with Crippen molar-refractivity contribution in [1.82, 2.24) is 19.7 Å². The fourth-order valence-electron chi connectivity index (χ4n) is 2.72. The maximum Gasteiger partial charge on any atom is 0.196 e. The number of benzene rings is 2. The molecule has 1 heterocycles. The SMILES string of the molecule is CC(Sc1nnc(C(C)N(C)C)n1-c1ccc(F)cc1)c1ccccc1Cl. The Hall–Kier alpha value is -1.89. The van der Waals surface area contributed by atoms with Crippen molar-refractivity contribution < 1.29 is 4.39 Å². The third kappa shape index (κ3) is 4.34. The van der Waals surface area contributed by atoms with E-state index in [4.69, 9.17) is 11.6 Å². The fraction of sp³-hybridized carbons (Fsp3) is 0.300. The summed E-state index contributed by atoms with van der Waals surface area (Å²) in [6.45, 7) is 4.15. The highest BCUT2D eigenvalue weighted by Gasteiger charge is 2.23. The molecule has 3 aromatic rings. The van der Waals surface area contributed by atoms with Crippen LogP contribution in [0.4, 0.5) is 4.39 Å². The third-order valence-electron chi connectivity index (χ3n) is 4.52. The Balaban J connectivity index is 2.02. The zero-order chi connectivity index (χ0) is 19.6. The van der Waals surface area contributed by atoms with Crippen molar-refractivity contribution in [2.24, 2.45) is 0 Å². The van der Waals surface area contributed by atoms with Crippen molar-refractivity contribution in [3.05, 3.63) is 70.8 Å². The van der Waals surface area contributed by atoms with Crippen LogP contribution in [-0.4, -0.2) is 33.8 Å². The molecule has 2 unspecified atom stereocenters. The smallest absolute Gasteiger partial charge is 0.196 e. The first-order valence-corrected chi connectivity index (χ1v) is 9.93. The average Bonchev–Trinajstić information content (AvgIpc) is 3.05. The van der Waals surface area contributed by atoms with Gasteiger partial charge in [0, 0.05) is 16.0 Å². The van der Waals surface area contributed by atoms with Crippen molar-refractivity contribution in [2.45, 2.75) is 30.3 Å². The summed E-state index contributed by atoms with van der Waals surface area (Å²) in [5.41, 5.74) is 1.87. The first kappa shape index (κ1) is 19.9. The average molecular weight is 405 g/mol. The quantitative estimate of drug-likeness (QED) is 0.505. The number of rotatable bonds is 6. The standard InChI is InChI=1S/C20H22ClFN4S/c1-13(25(3)4)19-23-24-20(26(19)16-11-9-15(22)10-12-16)27-14(2)17-7-5-6-8-18(17)21/h5-14H,1-4H3. The van der Waals surface area contributed by atoms with E-state index in [1.165, 1.54) is 12.1 Å². The summed E-state index contributed by atoms with van der Waals surface area (Å²) >= 11 is 7.93. The number of halogens is 2. The Morgan fingerprint density at radius 3 is 2.33 bits per heavy atom. The summed E-state index contributed by atoms with van der Waals surface area (Å²) in [6.07, 6.45) is 0. The molecule has 0 bridgehead atoms. The van der Waals surface area contributed by atoms with Crippen molar-refractivity contribution in [3.8, 4) is 5.69 Å².